The van der Waals surface area contributed by atoms with Gasteiger partial charge >= 0.3 is 0 Å². The number of nitrogens with zero attached hydrogens (tertiary/aromatic N) is 6. The van der Waals surface area contributed by atoms with Gasteiger partial charge in [0.05, 0.1) is 73.7 Å². The van der Waals surface area contributed by atoms with Gasteiger partial charge in [-0.15, -0.1) is 0 Å². The van der Waals surface area contributed by atoms with E-state index in [-0.39, 0.29) is 32.8 Å². The number of fused-ring (bicyclic) bond motifs is 13. The summed E-state index contributed by atoms with van der Waals surface area (Å²) in [5.74, 6) is 0. The van der Waals surface area contributed by atoms with Gasteiger partial charge in [-0.25, -0.2) is 0 Å². The summed E-state index contributed by atoms with van der Waals surface area (Å²) >= 11 is 0. The van der Waals surface area contributed by atoms with Crippen LogP contribution in [0.1, 0.15) is 76.1 Å². The van der Waals surface area contributed by atoms with Crippen LogP contribution in [0, 0.1) is 11.3 Å². The normalized spacial score (nSPS) is 14.7. The number of aromatic nitrogens is 3. The van der Waals surface area contributed by atoms with Gasteiger partial charge in [-0.3, -0.25) is 0 Å². The van der Waals surface area contributed by atoms with E-state index in [0.29, 0.717) is 62.1 Å². The molecule has 5 heterocycles. The summed E-state index contributed by atoms with van der Waals surface area (Å²) in [5, 5.41) is 16.3. The Morgan fingerprint density at radius 1 is 0.330 bits per heavy atom. The summed E-state index contributed by atoms with van der Waals surface area (Å²) in [6.07, 6.45) is 0. The molecule has 3 aromatic heterocycles. The Morgan fingerprint density at radius 2 is 0.820 bits per heavy atom. The molecule has 0 saturated heterocycles. The molecule has 0 spiro atoms. The highest BCUT2D eigenvalue weighted by Crippen LogP contribution is 2.54. The molecule has 100 heavy (non-hydrogen) atoms. The van der Waals surface area contributed by atoms with E-state index in [2.05, 4.69) is 176 Å². The maximum Gasteiger partial charge on any atom is 0.252 e. The first-order valence-electron chi connectivity index (χ1n) is 40.3. The number of hydrogen-bond acceptors (Lipinski definition) is 3. The molecule has 17 aromatic rings. The van der Waals surface area contributed by atoms with Crippen LogP contribution in [0.2, 0.25) is 0 Å². The molecule has 0 aliphatic carbocycles. The van der Waals surface area contributed by atoms with Crippen molar-refractivity contribution < 1.29 is 17.8 Å². The van der Waals surface area contributed by atoms with E-state index in [4.69, 9.17) is 6.85 Å². The summed E-state index contributed by atoms with van der Waals surface area (Å²) in [6, 6.07) is 74.5. The van der Waals surface area contributed by atoms with Crippen molar-refractivity contribution in [2.24, 2.45) is 0 Å². The highest BCUT2D eigenvalue weighted by Gasteiger charge is 2.46. The Balaban J connectivity index is 1.04. The fraction of sp³-hybridized carbons (Fsp3) is 0.0860. The van der Waals surface area contributed by atoms with Crippen molar-refractivity contribution in [2.75, 3.05) is 9.80 Å². The third-order valence-electron chi connectivity index (χ3n) is 20.5. The predicted octanol–water partition coefficient (Wildman–Crippen LogP) is 22.5. The molecule has 19 rings (SSSR count). The fourth-order valence-electron chi connectivity index (χ4n) is 15.9. The molecule has 14 aromatic carbocycles. The van der Waals surface area contributed by atoms with E-state index in [0.717, 1.165) is 93.6 Å². The van der Waals surface area contributed by atoms with Gasteiger partial charge in [-0.2, -0.15) is 5.26 Å². The Bertz CT molecular complexity index is 6890. The minimum absolute atomic E-state index is 0.0268. The highest BCUT2D eigenvalue weighted by molar-refractivity contribution is 7.00. The molecular weight excluding hydrogens is 1210 g/mol. The Morgan fingerprint density at radius 3 is 1.42 bits per heavy atom. The lowest BCUT2D eigenvalue weighted by molar-refractivity contribution is 0.590. The van der Waals surface area contributed by atoms with Gasteiger partial charge in [0, 0.05) is 71.9 Å². The minimum atomic E-state index is -0.782. The first-order valence-corrected chi connectivity index (χ1v) is 33.8. The lowest BCUT2D eigenvalue weighted by Gasteiger charge is -2.45. The SMILES string of the molecule is [2H]c1c([2H])c([2H])c(-c2ccc3c(c2)N(c2cccc(-n4c5ccccc5c5ccccc54)c2C#N)c2cc(-n4c5ccccc5c5cc(C(C)(C)C)ccc54)cc4c2B3c2ccc(-n3c5c([2H])c([2H])c([2H])c([2H])c5c5c([2H])c([2H])c([2H])c([2H])c53)cc2N4c2c(-c3ccccc3)cc(C(C)(C)C)cc2-c2ccccc2)c([2H])c1[2H]. The van der Waals surface area contributed by atoms with Crippen LogP contribution in [0.5, 0.6) is 0 Å². The van der Waals surface area contributed by atoms with Crippen LogP contribution in [-0.2, 0) is 10.8 Å². The standard InChI is InChI=1S/C93H69BN6/c1-92(2,3)63-46-50-85-74(52-63)71-37-20-23-40-80(71)97(85)66-56-88-90-89(57-66)100(91-72(60-29-12-8-13-30-60)53-64(93(4,5)6)54-73(91)61-31-14-9-15-32-61)87-55-65(96-78-38-21-16-33-67(78)68-34-17-22-39-79(68)96)47-49-77(87)94(90)76-48-45-62(59-27-10-7-11-28-59)51-86(76)99(88)84-44-26-43-83(75(84)58-95)98-81-41-24-18-35-69(81)70-36-19-25-42-82(70)98/h7-57H,1-6H3/i7D,10D,11D,16D,17D,21D,22D,27D,28D,33D,34D,38D,39D. The van der Waals surface area contributed by atoms with Crippen molar-refractivity contribution in [1.29, 1.82) is 5.26 Å². The molecule has 0 atom stereocenters. The summed E-state index contributed by atoms with van der Waals surface area (Å²) in [5.41, 5.74) is 16.4. The molecule has 0 fully saturated rings. The van der Waals surface area contributed by atoms with Gasteiger partial charge in [0.2, 0.25) is 0 Å². The Labute approximate surface area is 601 Å². The van der Waals surface area contributed by atoms with E-state index >= 15 is 0 Å². The van der Waals surface area contributed by atoms with Crippen LogP contribution >= 0.6 is 0 Å². The maximum absolute atomic E-state index is 12.5. The summed E-state index contributed by atoms with van der Waals surface area (Å²) in [7, 11) is 0. The van der Waals surface area contributed by atoms with Crippen molar-refractivity contribution >= 4 is 123 Å². The molecular formula is C93H69BN6. The van der Waals surface area contributed by atoms with Crippen LogP contribution in [0.3, 0.4) is 0 Å². The fourth-order valence-corrected chi connectivity index (χ4v) is 15.9. The van der Waals surface area contributed by atoms with E-state index in [1.54, 1.807) is 10.6 Å². The maximum atomic E-state index is 12.5. The summed E-state index contributed by atoms with van der Waals surface area (Å²) in [6.45, 7) is 12.4. The molecule has 6 nitrogen and oxygen atoms in total. The van der Waals surface area contributed by atoms with Crippen molar-refractivity contribution in [3.8, 4) is 56.5 Å². The van der Waals surface area contributed by atoms with E-state index in [1.165, 1.54) is 0 Å². The number of anilines is 6. The zero-order valence-corrected chi connectivity index (χ0v) is 55.7. The van der Waals surface area contributed by atoms with Crippen LogP contribution in [0.4, 0.5) is 34.1 Å². The minimum Gasteiger partial charge on any atom is -0.310 e. The molecule has 0 amide bonds. The molecule has 0 radical (unpaired) electrons. The zero-order chi connectivity index (χ0) is 78.6. The van der Waals surface area contributed by atoms with Gasteiger partial charge in [0.25, 0.3) is 6.71 Å². The number of hydrogen-bond donors (Lipinski definition) is 0. The molecule has 0 saturated carbocycles. The van der Waals surface area contributed by atoms with Crippen molar-refractivity contribution in [1.82, 2.24) is 13.7 Å². The van der Waals surface area contributed by atoms with Crippen LogP contribution in [-0.4, -0.2) is 20.4 Å². The highest BCUT2D eigenvalue weighted by atomic mass is 15.2. The third kappa shape index (κ3) is 8.96. The topological polar surface area (TPSA) is 45.1 Å². The Hall–Kier alpha value is -12.4. The van der Waals surface area contributed by atoms with Crippen molar-refractivity contribution in [3.63, 3.8) is 0 Å². The van der Waals surface area contributed by atoms with Crippen LogP contribution in [0.25, 0.3) is 116 Å². The average Bonchev–Trinajstić information content (AvgIpc) is 1.47. The molecule has 474 valence electrons. The first-order chi connectivity index (χ1) is 54.3. The summed E-state index contributed by atoms with van der Waals surface area (Å²) < 4.78 is 128. The molecule has 2 aliphatic rings. The number of nitriles is 1. The van der Waals surface area contributed by atoms with Gasteiger partial charge in [-0.1, -0.05) is 254 Å². The first kappa shape index (κ1) is 46.7. The van der Waals surface area contributed by atoms with Gasteiger partial charge in [-0.05, 0) is 158 Å². The second-order valence-electron chi connectivity index (χ2n) is 28.2. The number of rotatable bonds is 8. The zero-order valence-electron chi connectivity index (χ0n) is 68.7. The monoisotopic (exact) mass is 1290 g/mol. The van der Waals surface area contributed by atoms with E-state index in [1.807, 2.05) is 115 Å². The van der Waals surface area contributed by atoms with Crippen molar-refractivity contribution in [2.45, 2.75) is 52.4 Å². The lowest BCUT2D eigenvalue weighted by Crippen LogP contribution is -2.61. The quantitative estimate of drug-likeness (QED) is 0.142. The number of para-hydroxylation sites is 5. The van der Waals surface area contributed by atoms with Gasteiger partial charge < -0.3 is 23.5 Å². The largest absolute Gasteiger partial charge is 0.310 e. The molecule has 0 N–H and O–H groups in total. The van der Waals surface area contributed by atoms with Crippen LogP contribution < -0.4 is 26.2 Å². The third-order valence-corrected chi connectivity index (χ3v) is 20.5. The Kier molecular flexibility index (Phi) is 10.4. The van der Waals surface area contributed by atoms with E-state index < -0.39 is 90.7 Å². The smallest absolute Gasteiger partial charge is 0.252 e. The van der Waals surface area contributed by atoms with Crippen LogP contribution in [0.15, 0.2) is 309 Å². The lowest BCUT2D eigenvalue weighted by atomic mass is 9.33. The molecule has 0 bridgehead atoms. The molecule has 2 aliphatic heterocycles. The van der Waals surface area contributed by atoms with E-state index in [9.17, 15) is 16.2 Å². The van der Waals surface area contributed by atoms with Gasteiger partial charge in [0.1, 0.15) is 11.6 Å². The average molecular weight is 1290 g/mol. The van der Waals surface area contributed by atoms with Crippen molar-refractivity contribution in [3.05, 3.63) is 326 Å². The predicted molar refractivity (Wildman–Crippen MR) is 422 cm³/mol. The van der Waals surface area contributed by atoms with Gasteiger partial charge in [0.15, 0.2) is 0 Å². The summed E-state index contributed by atoms with van der Waals surface area (Å²) in [4.78, 5) is 4.44. The molecule has 7 heteroatoms. The second kappa shape index (κ2) is 22.3. The molecule has 0 unspecified atom stereocenters. The second-order valence-corrected chi connectivity index (χ2v) is 28.2. The number of benzene rings is 14.